The summed E-state index contributed by atoms with van der Waals surface area (Å²) >= 11 is 6.19. The lowest BCUT2D eigenvalue weighted by Gasteiger charge is -2.56. The van der Waals surface area contributed by atoms with Gasteiger partial charge in [0.15, 0.2) is 5.54 Å². The van der Waals surface area contributed by atoms with Crippen LogP contribution >= 0.6 is 11.6 Å². The van der Waals surface area contributed by atoms with E-state index in [1.54, 1.807) is 19.1 Å². The maximum Gasteiger partial charge on any atom is 0.340 e. The van der Waals surface area contributed by atoms with E-state index in [-0.39, 0.29) is 12.5 Å². The van der Waals surface area contributed by atoms with Crippen LogP contribution in [0.15, 0.2) is 12.1 Å². The number of nitrogens with one attached hydrogen (secondary N) is 1. The van der Waals surface area contributed by atoms with Crippen LogP contribution in [-0.2, 0) is 9.53 Å². The van der Waals surface area contributed by atoms with Gasteiger partial charge in [-0.1, -0.05) is 11.6 Å². The number of quaternary nitrogens is 1. The third kappa shape index (κ3) is 4.04. The number of esters is 1. The van der Waals surface area contributed by atoms with Gasteiger partial charge in [0.1, 0.15) is 0 Å². The molecule has 29 heavy (non-hydrogen) atoms. The van der Waals surface area contributed by atoms with E-state index < -0.39 is 11.5 Å². The molecule has 2 aliphatic rings. The molecule has 1 aliphatic heterocycles. The molecule has 2 fully saturated rings. The summed E-state index contributed by atoms with van der Waals surface area (Å²) in [4.78, 5) is 26.3. The molecule has 0 unspecified atom stereocenters. The summed E-state index contributed by atoms with van der Waals surface area (Å²) in [7, 11) is 0. The van der Waals surface area contributed by atoms with E-state index in [2.05, 4.69) is 12.2 Å². The first-order chi connectivity index (χ1) is 13.9. The summed E-state index contributed by atoms with van der Waals surface area (Å²) in [6, 6.07) is 3.37. The Kier molecular flexibility index (Phi) is 6.90. The molecule has 1 aromatic rings. The molecule has 0 bridgehead atoms. The molecule has 1 aromatic carbocycles. The van der Waals surface area contributed by atoms with E-state index in [1.807, 2.05) is 6.92 Å². The number of aryl methyl sites for hydroxylation is 1. The van der Waals surface area contributed by atoms with E-state index in [9.17, 15) is 9.59 Å². The van der Waals surface area contributed by atoms with Crippen molar-refractivity contribution >= 4 is 29.2 Å². The van der Waals surface area contributed by atoms with Crippen LogP contribution in [0.25, 0.3) is 0 Å². The first kappa shape index (κ1) is 22.1. The minimum absolute atomic E-state index is 0.0449. The number of carbonyl (C=O) groups excluding carboxylic acids is 2. The van der Waals surface area contributed by atoms with E-state index in [4.69, 9.17) is 16.3 Å². The van der Waals surface area contributed by atoms with Crippen LogP contribution in [0.5, 0.6) is 0 Å². The Labute approximate surface area is 179 Å². The topological polar surface area (TPSA) is 55.4 Å². The minimum Gasteiger partial charge on any atom is -0.462 e. The van der Waals surface area contributed by atoms with Crippen LogP contribution in [0.1, 0.15) is 74.7 Å². The Hall–Kier alpha value is -1.59. The van der Waals surface area contributed by atoms with Gasteiger partial charge in [-0.3, -0.25) is 4.79 Å². The Balaban J connectivity index is 1.95. The highest BCUT2D eigenvalue weighted by atomic mass is 35.5. The van der Waals surface area contributed by atoms with Gasteiger partial charge in [-0.15, -0.1) is 0 Å². The van der Waals surface area contributed by atoms with Crippen molar-refractivity contribution in [3.8, 4) is 0 Å². The fourth-order valence-corrected chi connectivity index (χ4v) is 5.55. The zero-order chi connectivity index (χ0) is 21.1. The summed E-state index contributed by atoms with van der Waals surface area (Å²) in [5.74, 6) is -0.409. The van der Waals surface area contributed by atoms with Crippen molar-refractivity contribution in [1.82, 2.24) is 0 Å². The fraction of sp³-hybridized carbons (Fsp3) is 0.652. The molecule has 1 N–H and O–H groups in total. The van der Waals surface area contributed by atoms with E-state index in [0.717, 1.165) is 48.9 Å². The molecular formula is C23H34ClN2O3+. The molecular weight excluding hydrogens is 388 g/mol. The minimum atomic E-state index is -0.453. The molecule has 5 nitrogen and oxygen atoms in total. The second-order valence-electron chi connectivity index (χ2n) is 8.53. The number of rotatable bonds is 6. The van der Waals surface area contributed by atoms with Gasteiger partial charge in [-0.05, 0) is 70.6 Å². The SMILES string of the molecule is CCOC(=O)c1cc(Cl)cc(C)c1NC(=O)C1([N+]2(CC)CCCCCC2)CCC1. The second kappa shape index (κ2) is 9.05. The Bertz CT molecular complexity index is 766. The van der Waals surface area contributed by atoms with Gasteiger partial charge in [0.2, 0.25) is 0 Å². The van der Waals surface area contributed by atoms with Crippen LogP contribution in [0.3, 0.4) is 0 Å². The van der Waals surface area contributed by atoms with Crippen LogP contribution in [0.2, 0.25) is 5.02 Å². The first-order valence-electron chi connectivity index (χ1n) is 11.0. The van der Waals surface area contributed by atoms with Crippen LogP contribution in [0, 0.1) is 6.92 Å². The molecule has 0 radical (unpaired) electrons. The van der Waals surface area contributed by atoms with Crippen LogP contribution in [0.4, 0.5) is 5.69 Å². The van der Waals surface area contributed by atoms with Crippen molar-refractivity contribution in [2.45, 2.75) is 71.3 Å². The number of anilines is 1. The molecule has 0 atom stereocenters. The Morgan fingerprint density at radius 3 is 2.28 bits per heavy atom. The lowest BCUT2D eigenvalue weighted by Crippen LogP contribution is -2.72. The largest absolute Gasteiger partial charge is 0.462 e. The highest BCUT2D eigenvalue weighted by molar-refractivity contribution is 6.31. The molecule has 1 amide bonds. The van der Waals surface area contributed by atoms with Gasteiger partial charge >= 0.3 is 5.97 Å². The number of ether oxygens (including phenoxy) is 1. The number of likely N-dealkylation sites (N-methyl/N-ethyl adjacent to an activating group) is 1. The van der Waals surface area contributed by atoms with Gasteiger partial charge in [0, 0.05) is 17.9 Å². The summed E-state index contributed by atoms with van der Waals surface area (Å²) in [5.41, 5.74) is 1.26. The lowest BCUT2D eigenvalue weighted by molar-refractivity contribution is -0.970. The van der Waals surface area contributed by atoms with Crippen molar-refractivity contribution < 1.29 is 18.8 Å². The average molecular weight is 422 g/mol. The van der Waals surface area contributed by atoms with E-state index >= 15 is 0 Å². The standard InChI is InChI=1S/C23H33ClN2O3/c1-4-26(13-8-6-7-9-14-26)23(11-10-12-23)22(28)25-20-17(3)15-18(24)16-19(20)21(27)29-5-2/h15-16H,4-14H2,1-3H3/p+1. The summed E-state index contributed by atoms with van der Waals surface area (Å²) in [6.07, 6.45) is 7.76. The smallest absolute Gasteiger partial charge is 0.340 e. The second-order valence-corrected chi connectivity index (χ2v) is 8.96. The molecule has 1 saturated carbocycles. The molecule has 0 aromatic heterocycles. The van der Waals surface area contributed by atoms with Crippen molar-refractivity contribution in [2.75, 3.05) is 31.6 Å². The molecule has 1 heterocycles. The fourth-order valence-electron chi connectivity index (χ4n) is 5.28. The van der Waals surface area contributed by atoms with Crippen molar-refractivity contribution in [1.29, 1.82) is 0 Å². The molecule has 1 aliphatic carbocycles. The summed E-state index contributed by atoms with van der Waals surface area (Å²) in [6.45, 7) is 9.23. The lowest BCUT2D eigenvalue weighted by atomic mass is 9.72. The highest BCUT2D eigenvalue weighted by Crippen LogP contribution is 2.46. The van der Waals surface area contributed by atoms with Gasteiger partial charge < -0.3 is 14.5 Å². The number of likely N-dealkylation sites (tertiary alicyclic amines) is 1. The highest BCUT2D eigenvalue weighted by Gasteiger charge is 2.59. The molecule has 3 rings (SSSR count). The number of benzene rings is 1. The van der Waals surface area contributed by atoms with Gasteiger partial charge in [0.05, 0.1) is 37.5 Å². The van der Waals surface area contributed by atoms with Crippen molar-refractivity contribution in [2.24, 2.45) is 0 Å². The Morgan fingerprint density at radius 2 is 1.76 bits per heavy atom. The van der Waals surface area contributed by atoms with Crippen molar-refractivity contribution in [3.63, 3.8) is 0 Å². The molecule has 160 valence electrons. The summed E-state index contributed by atoms with van der Waals surface area (Å²) in [5, 5.41) is 3.62. The van der Waals surface area contributed by atoms with E-state index in [0.29, 0.717) is 16.3 Å². The molecule has 6 heteroatoms. The monoisotopic (exact) mass is 421 g/mol. The third-order valence-corrected chi connectivity index (χ3v) is 7.29. The van der Waals surface area contributed by atoms with E-state index in [1.165, 1.54) is 25.7 Å². The van der Waals surface area contributed by atoms with Crippen LogP contribution < -0.4 is 5.32 Å². The zero-order valence-electron chi connectivity index (χ0n) is 18.0. The number of nitrogens with zero attached hydrogens (tertiary/aromatic N) is 1. The maximum atomic E-state index is 13.8. The first-order valence-corrected chi connectivity index (χ1v) is 11.4. The number of amides is 1. The predicted octanol–water partition coefficient (Wildman–Crippen LogP) is 5.10. The van der Waals surface area contributed by atoms with Crippen LogP contribution in [-0.4, -0.2) is 48.1 Å². The van der Waals surface area contributed by atoms with Gasteiger partial charge in [-0.25, -0.2) is 4.79 Å². The maximum absolute atomic E-state index is 13.8. The molecule has 0 spiro atoms. The average Bonchev–Trinajstić information content (AvgIpc) is 2.89. The quantitative estimate of drug-likeness (QED) is 0.513. The third-order valence-electron chi connectivity index (χ3n) is 7.07. The van der Waals surface area contributed by atoms with Crippen molar-refractivity contribution in [3.05, 3.63) is 28.3 Å². The Morgan fingerprint density at radius 1 is 1.10 bits per heavy atom. The summed E-state index contributed by atoms with van der Waals surface area (Å²) < 4.78 is 6.08. The number of carbonyl (C=O) groups is 2. The predicted molar refractivity (Wildman–Crippen MR) is 116 cm³/mol. The number of halogens is 1. The normalized spacial score (nSPS) is 20.3. The van der Waals surface area contributed by atoms with Gasteiger partial charge in [-0.2, -0.15) is 0 Å². The molecule has 1 saturated heterocycles. The number of hydrogen-bond donors (Lipinski definition) is 1. The zero-order valence-corrected chi connectivity index (χ0v) is 18.7. The number of hydrogen-bond acceptors (Lipinski definition) is 3. The van der Waals surface area contributed by atoms with Gasteiger partial charge in [0.25, 0.3) is 5.91 Å².